The third kappa shape index (κ3) is 4.85. The minimum absolute atomic E-state index is 0. The number of halogens is 2. The van der Waals surface area contributed by atoms with Crippen molar-refractivity contribution in [3.63, 3.8) is 0 Å². The first-order valence-corrected chi connectivity index (χ1v) is 8.86. The van der Waals surface area contributed by atoms with Gasteiger partial charge in [-0.05, 0) is 37.5 Å². The fraction of sp³-hybridized carbons (Fsp3) is 0.421. The van der Waals surface area contributed by atoms with E-state index in [0.717, 1.165) is 43.7 Å². The van der Waals surface area contributed by atoms with Gasteiger partial charge in [0.2, 0.25) is 5.95 Å². The summed E-state index contributed by atoms with van der Waals surface area (Å²) in [5.41, 5.74) is 1.44. The molecule has 1 saturated heterocycles. The van der Waals surface area contributed by atoms with Crippen LogP contribution in [0.2, 0.25) is 0 Å². The minimum Gasteiger partial charge on any atom is -0.394 e. The van der Waals surface area contributed by atoms with Gasteiger partial charge in [0, 0.05) is 24.0 Å². The van der Waals surface area contributed by atoms with Gasteiger partial charge in [0.05, 0.1) is 18.2 Å². The van der Waals surface area contributed by atoms with E-state index in [1.165, 1.54) is 12.1 Å². The molecule has 27 heavy (non-hydrogen) atoms. The second-order valence-corrected chi connectivity index (χ2v) is 6.39. The lowest BCUT2D eigenvalue weighted by Crippen LogP contribution is -2.33. The summed E-state index contributed by atoms with van der Waals surface area (Å²) in [6.07, 6.45) is 3.73. The quantitative estimate of drug-likeness (QED) is 0.783. The molecular formula is C19H23ClFN5O. The number of nitrogens with zero attached hydrogens (tertiary/aromatic N) is 4. The highest BCUT2D eigenvalue weighted by molar-refractivity contribution is 5.85. The lowest BCUT2D eigenvalue weighted by Gasteiger charge is -2.25. The Morgan fingerprint density at radius 3 is 2.89 bits per heavy atom. The van der Waals surface area contributed by atoms with Gasteiger partial charge in [-0.25, -0.2) is 9.37 Å². The molecular weight excluding hydrogens is 369 g/mol. The molecule has 3 rings (SSSR count). The van der Waals surface area contributed by atoms with E-state index in [1.54, 1.807) is 6.07 Å². The second-order valence-electron chi connectivity index (χ2n) is 6.39. The smallest absolute Gasteiger partial charge is 0.229 e. The number of aliphatic hydroxyl groups excluding tert-OH is 1. The molecule has 0 radical (unpaired) electrons. The molecule has 1 aromatic heterocycles. The molecule has 2 heterocycles. The molecule has 1 atom stereocenters. The van der Waals surface area contributed by atoms with Gasteiger partial charge in [0.15, 0.2) is 0 Å². The lowest BCUT2D eigenvalue weighted by molar-refractivity contribution is 0.266. The van der Waals surface area contributed by atoms with Crippen molar-refractivity contribution < 1.29 is 9.50 Å². The molecule has 0 aliphatic carbocycles. The van der Waals surface area contributed by atoms with Crippen molar-refractivity contribution in [1.82, 2.24) is 9.97 Å². The van der Waals surface area contributed by atoms with Crippen molar-refractivity contribution in [1.29, 1.82) is 5.26 Å². The first-order chi connectivity index (χ1) is 12.6. The Labute approximate surface area is 164 Å². The molecule has 0 bridgehead atoms. The van der Waals surface area contributed by atoms with Crippen LogP contribution in [-0.2, 0) is 6.42 Å². The standard InChI is InChI=1S/C19H22FN5O.ClH/c1-2-4-14-10-18(25-8-3-5-16(25)12-26)24-19(22-14)23-15-6-7-17(20)13(9-15)11-21;/h6-7,9-10,16,26H,2-5,8,12H2,1H3,(H,22,23,24);1H/t16-;/m0./s1. The third-order valence-corrected chi connectivity index (χ3v) is 4.50. The first-order valence-electron chi connectivity index (χ1n) is 8.86. The molecule has 0 amide bonds. The SMILES string of the molecule is CCCc1cc(N2CCC[C@H]2CO)nc(Nc2ccc(F)c(C#N)c2)n1.Cl. The maximum Gasteiger partial charge on any atom is 0.229 e. The molecule has 2 aromatic rings. The van der Waals surface area contributed by atoms with Crippen LogP contribution in [-0.4, -0.2) is 34.3 Å². The molecule has 8 heteroatoms. The average Bonchev–Trinajstić information content (AvgIpc) is 3.12. The number of rotatable bonds is 6. The summed E-state index contributed by atoms with van der Waals surface area (Å²) in [6, 6.07) is 8.11. The summed E-state index contributed by atoms with van der Waals surface area (Å²) in [5, 5.41) is 21.7. The van der Waals surface area contributed by atoms with Crippen molar-refractivity contribution in [2.45, 2.75) is 38.6 Å². The number of hydrogen-bond donors (Lipinski definition) is 2. The predicted molar refractivity (Wildman–Crippen MR) is 105 cm³/mol. The normalized spacial score (nSPS) is 15.9. The third-order valence-electron chi connectivity index (χ3n) is 4.50. The lowest BCUT2D eigenvalue weighted by atomic mass is 10.2. The highest BCUT2D eigenvalue weighted by Crippen LogP contribution is 2.26. The zero-order valence-electron chi connectivity index (χ0n) is 15.2. The largest absolute Gasteiger partial charge is 0.394 e. The van der Waals surface area contributed by atoms with Crippen LogP contribution in [0.4, 0.5) is 21.8 Å². The van der Waals surface area contributed by atoms with E-state index in [1.807, 2.05) is 12.1 Å². The number of nitriles is 1. The summed E-state index contributed by atoms with van der Waals surface area (Å²) in [4.78, 5) is 11.2. The molecule has 1 aromatic carbocycles. The van der Waals surface area contributed by atoms with Crippen molar-refractivity contribution >= 4 is 29.9 Å². The number of aryl methyl sites for hydroxylation is 1. The van der Waals surface area contributed by atoms with Crippen LogP contribution >= 0.6 is 12.4 Å². The van der Waals surface area contributed by atoms with Gasteiger partial charge in [-0.2, -0.15) is 10.2 Å². The minimum atomic E-state index is -0.553. The van der Waals surface area contributed by atoms with Crippen molar-refractivity contribution in [3.8, 4) is 6.07 Å². The zero-order valence-corrected chi connectivity index (χ0v) is 16.0. The van der Waals surface area contributed by atoms with Crippen LogP contribution in [0, 0.1) is 17.1 Å². The van der Waals surface area contributed by atoms with Gasteiger partial charge in [-0.15, -0.1) is 12.4 Å². The van der Waals surface area contributed by atoms with E-state index in [9.17, 15) is 9.50 Å². The van der Waals surface area contributed by atoms with Crippen molar-refractivity contribution in [2.75, 3.05) is 23.4 Å². The maximum atomic E-state index is 13.5. The van der Waals surface area contributed by atoms with Crippen LogP contribution in [0.3, 0.4) is 0 Å². The highest BCUT2D eigenvalue weighted by atomic mass is 35.5. The van der Waals surface area contributed by atoms with Gasteiger partial charge in [0.25, 0.3) is 0 Å². The summed E-state index contributed by atoms with van der Waals surface area (Å²) < 4.78 is 13.5. The van der Waals surface area contributed by atoms with Crippen molar-refractivity contribution in [3.05, 3.63) is 41.3 Å². The van der Waals surface area contributed by atoms with Crippen LogP contribution < -0.4 is 10.2 Å². The van der Waals surface area contributed by atoms with Gasteiger partial charge in [-0.1, -0.05) is 13.3 Å². The number of nitrogens with one attached hydrogen (secondary N) is 1. The van der Waals surface area contributed by atoms with E-state index in [0.29, 0.717) is 11.6 Å². The first kappa shape index (κ1) is 20.9. The Hall–Kier alpha value is -2.43. The molecule has 1 aliphatic rings. The Morgan fingerprint density at radius 1 is 1.37 bits per heavy atom. The summed E-state index contributed by atoms with van der Waals surface area (Å²) in [6.45, 7) is 3.03. The topological polar surface area (TPSA) is 85.1 Å². The zero-order chi connectivity index (χ0) is 18.5. The molecule has 0 unspecified atom stereocenters. The van der Waals surface area contributed by atoms with E-state index < -0.39 is 5.82 Å². The monoisotopic (exact) mass is 391 g/mol. The highest BCUT2D eigenvalue weighted by Gasteiger charge is 2.25. The Kier molecular flexibility index (Phi) is 7.34. The number of aromatic nitrogens is 2. The Balaban J connectivity index is 0.00000261. The summed E-state index contributed by atoms with van der Waals surface area (Å²) in [7, 11) is 0. The predicted octanol–water partition coefficient (Wildman–Crippen LogP) is 3.57. The van der Waals surface area contributed by atoms with Crippen LogP contribution in [0.25, 0.3) is 0 Å². The second kappa shape index (κ2) is 9.49. The molecule has 1 fully saturated rings. The molecule has 1 aliphatic heterocycles. The Bertz CT molecular complexity index is 826. The number of aliphatic hydroxyl groups is 1. The fourth-order valence-corrected chi connectivity index (χ4v) is 3.22. The van der Waals surface area contributed by atoms with Gasteiger partial charge in [0.1, 0.15) is 17.7 Å². The van der Waals surface area contributed by atoms with Crippen molar-refractivity contribution in [2.24, 2.45) is 0 Å². The van der Waals surface area contributed by atoms with Crippen LogP contribution in [0.1, 0.15) is 37.4 Å². The van der Waals surface area contributed by atoms with E-state index in [4.69, 9.17) is 5.26 Å². The van der Waals surface area contributed by atoms with E-state index in [-0.39, 0.29) is 30.6 Å². The van der Waals surface area contributed by atoms with Crippen LogP contribution in [0.15, 0.2) is 24.3 Å². The molecule has 6 nitrogen and oxygen atoms in total. The van der Waals surface area contributed by atoms with Gasteiger partial charge < -0.3 is 15.3 Å². The molecule has 144 valence electrons. The number of hydrogen-bond acceptors (Lipinski definition) is 6. The molecule has 0 saturated carbocycles. The average molecular weight is 392 g/mol. The molecule has 2 N–H and O–H groups in total. The number of anilines is 3. The fourth-order valence-electron chi connectivity index (χ4n) is 3.22. The molecule has 0 spiro atoms. The Morgan fingerprint density at radius 2 is 2.19 bits per heavy atom. The van der Waals surface area contributed by atoms with Gasteiger partial charge in [-0.3, -0.25) is 0 Å². The van der Waals surface area contributed by atoms with Gasteiger partial charge >= 0.3 is 0 Å². The summed E-state index contributed by atoms with van der Waals surface area (Å²) in [5.74, 6) is 0.636. The number of benzene rings is 1. The maximum absolute atomic E-state index is 13.5. The van der Waals surface area contributed by atoms with Crippen LogP contribution in [0.5, 0.6) is 0 Å². The van der Waals surface area contributed by atoms with E-state index >= 15 is 0 Å². The summed E-state index contributed by atoms with van der Waals surface area (Å²) >= 11 is 0. The van der Waals surface area contributed by atoms with E-state index in [2.05, 4.69) is 27.1 Å².